The van der Waals surface area contributed by atoms with E-state index in [1.807, 2.05) is 6.92 Å². The van der Waals surface area contributed by atoms with E-state index < -0.39 is 16.1 Å². The molecule has 0 fully saturated rings. The van der Waals surface area contributed by atoms with Gasteiger partial charge in [-0.2, -0.15) is 0 Å². The van der Waals surface area contributed by atoms with Gasteiger partial charge >= 0.3 is 0 Å². The summed E-state index contributed by atoms with van der Waals surface area (Å²) in [6.07, 6.45) is 1.45. The number of nitrogens with two attached hydrogens (primary N) is 1. The summed E-state index contributed by atoms with van der Waals surface area (Å²) in [5.41, 5.74) is 6.48. The lowest BCUT2D eigenvalue weighted by atomic mass is 10.2. The number of unbranched alkanes of at least 4 members (excludes halogenated alkanes) is 1. The van der Waals surface area contributed by atoms with Crippen LogP contribution in [0.25, 0.3) is 0 Å². The van der Waals surface area contributed by atoms with Gasteiger partial charge in [0.05, 0.1) is 11.8 Å². The molecule has 120 valence electrons. The minimum Gasteiger partial charge on any atom is -0.325 e. The molecule has 0 bridgehead atoms. The standard InChI is InChI=1S/C13H21N3O3S.ClH/c1-3-4-9-20(18,19)16-12-7-5-11(6-8-12)15-13(17)10(2)14;/h5-8,10,16H,3-4,9,14H2,1-2H3,(H,15,17);1H/t10-;/m0./s1. The second-order valence-corrected chi connectivity index (χ2v) is 6.47. The van der Waals surface area contributed by atoms with Gasteiger partial charge in [0.15, 0.2) is 0 Å². The number of nitrogens with one attached hydrogen (secondary N) is 2. The molecule has 1 aromatic carbocycles. The summed E-state index contributed by atoms with van der Waals surface area (Å²) in [5, 5.41) is 2.62. The van der Waals surface area contributed by atoms with Crippen LogP contribution < -0.4 is 15.8 Å². The highest BCUT2D eigenvalue weighted by Gasteiger charge is 2.10. The molecule has 8 heteroatoms. The van der Waals surface area contributed by atoms with Crippen LogP contribution in [0.4, 0.5) is 11.4 Å². The van der Waals surface area contributed by atoms with Crippen molar-refractivity contribution in [2.45, 2.75) is 32.7 Å². The lowest BCUT2D eigenvalue weighted by Crippen LogP contribution is -2.32. The first-order valence-corrected chi connectivity index (χ1v) is 8.16. The molecule has 1 aromatic rings. The van der Waals surface area contributed by atoms with Crippen LogP contribution in [0, 0.1) is 0 Å². The Morgan fingerprint density at radius 3 is 2.24 bits per heavy atom. The number of amides is 1. The van der Waals surface area contributed by atoms with Crippen molar-refractivity contribution in [2.24, 2.45) is 5.73 Å². The van der Waals surface area contributed by atoms with Crippen LogP contribution in [0.3, 0.4) is 0 Å². The Bertz CT molecular complexity index is 544. The maximum atomic E-state index is 11.7. The molecule has 21 heavy (non-hydrogen) atoms. The maximum absolute atomic E-state index is 11.7. The molecule has 0 saturated heterocycles. The van der Waals surface area contributed by atoms with E-state index in [0.29, 0.717) is 17.8 Å². The summed E-state index contributed by atoms with van der Waals surface area (Å²) in [6, 6.07) is 5.85. The second-order valence-electron chi connectivity index (χ2n) is 4.63. The highest BCUT2D eigenvalue weighted by molar-refractivity contribution is 7.92. The van der Waals surface area contributed by atoms with Gasteiger partial charge in [-0.25, -0.2) is 8.42 Å². The lowest BCUT2D eigenvalue weighted by Gasteiger charge is -2.10. The number of sulfonamides is 1. The number of hydrogen-bond acceptors (Lipinski definition) is 4. The maximum Gasteiger partial charge on any atom is 0.240 e. The molecule has 0 radical (unpaired) electrons. The van der Waals surface area contributed by atoms with Crippen molar-refractivity contribution in [1.82, 2.24) is 0 Å². The molecule has 0 aliphatic rings. The van der Waals surface area contributed by atoms with Gasteiger partial charge in [0.25, 0.3) is 0 Å². The molecule has 0 heterocycles. The first-order chi connectivity index (χ1) is 9.34. The molecule has 0 unspecified atom stereocenters. The number of carbonyl (C=O) groups excluding carboxylic acids is 1. The largest absolute Gasteiger partial charge is 0.325 e. The third kappa shape index (κ3) is 7.31. The van der Waals surface area contributed by atoms with Gasteiger partial charge in [0.2, 0.25) is 15.9 Å². The SMILES string of the molecule is CCCCS(=O)(=O)Nc1ccc(NC(=O)[C@H](C)N)cc1.Cl. The molecule has 1 atom stereocenters. The van der Waals surface area contributed by atoms with Crippen LogP contribution in [-0.2, 0) is 14.8 Å². The first kappa shape index (κ1) is 19.7. The van der Waals surface area contributed by atoms with Crippen LogP contribution >= 0.6 is 12.4 Å². The molecule has 1 amide bonds. The molecule has 0 aliphatic carbocycles. The number of carbonyl (C=O) groups is 1. The van der Waals surface area contributed by atoms with E-state index >= 15 is 0 Å². The van der Waals surface area contributed by atoms with E-state index in [9.17, 15) is 13.2 Å². The summed E-state index contributed by atoms with van der Waals surface area (Å²) in [7, 11) is -3.30. The minimum absolute atomic E-state index is 0. The minimum atomic E-state index is -3.30. The van der Waals surface area contributed by atoms with Crippen molar-refractivity contribution in [2.75, 3.05) is 15.8 Å². The average molecular weight is 336 g/mol. The van der Waals surface area contributed by atoms with E-state index in [1.54, 1.807) is 31.2 Å². The fourth-order valence-electron chi connectivity index (χ4n) is 1.44. The Hall–Kier alpha value is -1.31. The van der Waals surface area contributed by atoms with Crippen molar-refractivity contribution in [3.8, 4) is 0 Å². The van der Waals surface area contributed by atoms with E-state index in [2.05, 4.69) is 10.0 Å². The van der Waals surface area contributed by atoms with Crippen molar-refractivity contribution in [3.63, 3.8) is 0 Å². The summed E-state index contributed by atoms with van der Waals surface area (Å²) in [6.45, 7) is 3.52. The number of anilines is 2. The molecule has 6 nitrogen and oxygen atoms in total. The average Bonchev–Trinajstić information content (AvgIpc) is 2.38. The van der Waals surface area contributed by atoms with Crippen molar-refractivity contribution in [1.29, 1.82) is 0 Å². The Kier molecular flexibility index (Phi) is 8.31. The molecule has 0 spiro atoms. The van der Waals surface area contributed by atoms with Crippen molar-refractivity contribution < 1.29 is 13.2 Å². The van der Waals surface area contributed by atoms with Crippen molar-refractivity contribution >= 4 is 39.7 Å². The van der Waals surface area contributed by atoms with Gasteiger partial charge in [-0.1, -0.05) is 13.3 Å². The van der Waals surface area contributed by atoms with Gasteiger partial charge in [-0.05, 0) is 37.6 Å². The molecule has 0 saturated carbocycles. The molecule has 0 aromatic heterocycles. The Labute approximate surface area is 132 Å². The Morgan fingerprint density at radius 2 is 1.76 bits per heavy atom. The normalized spacial score (nSPS) is 12.1. The third-order valence-corrected chi connectivity index (χ3v) is 3.98. The topological polar surface area (TPSA) is 101 Å². The van der Waals surface area contributed by atoms with Gasteiger partial charge in [0.1, 0.15) is 0 Å². The molecular weight excluding hydrogens is 314 g/mol. The summed E-state index contributed by atoms with van der Waals surface area (Å²) < 4.78 is 25.9. The Morgan fingerprint density at radius 1 is 1.24 bits per heavy atom. The zero-order valence-electron chi connectivity index (χ0n) is 12.1. The lowest BCUT2D eigenvalue weighted by molar-refractivity contribution is -0.117. The third-order valence-electron chi connectivity index (χ3n) is 2.61. The van der Waals surface area contributed by atoms with Gasteiger partial charge in [-0.15, -0.1) is 12.4 Å². The molecule has 1 rings (SSSR count). The van der Waals surface area contributed by atoms with Crippen LogP contribution in [0.1, 0.15) is 26.7 Å². The predicted molar refractivity (Wildman–Crippen MR) is 88.3 cm³/mol. The fourth-order valence-corrected chi connectivity index (χ4v) is 2.71. The van der Waals surface area contributed by atoms with Crippen LogP contribution in [-0.4, -0.2) is 26.1 Å². The highest BCUT2D eigenvalue weighted by Crippen LogP contribution is 2.15. The zero-order valence-corrected chi connectivity index (χ0v) is 13.8. The van der Waals surface area contributed by atoms with Crippen LogP contribution in [0.5, 0.6) is 0 Å². The zero-order chi connectivity index (χ0) is 15.2. The van der Waals surface area contributed by atoms with E-state index in [0.717, 1.165) is 6.42 Å². The molecule has 4 N–H and O–H groups in total. The van der Waals surface area contributed by atoms with Crippen LogP contribution in [0.15, 0.2) is 24.3 Å². The monoisotopic (exact) mass is 335 g/mol. The van der Waals surface area contributed by atoms with Gasteiger partial charge in [0, 0.05) is 11.4 Å². The van der Waals surface area contributed by atoms with E-state index in [-0.39, 0.29) is 24.1 Å². The molecule has 0 aliphatic heterocycles. The number of rotatable bonds is 7. The van der Waals surface area contributed by atoms with E-state index in [4.69, 9.17) is 5.73 Å². The summed E-state index contributed by atoms with van der Waals surface area (Å²) >= 11 is 0. The smallest absolute Gasteiger partial charge is 0.240 e. The number of benzene rings is 1. The second kappa shape index (κ2) is 8.86. The summed E-state index contributed by atoms with van der Waals surface area (Å²) in [5.74, 6) is -0.187. The van der Waals surface area contributed by atoms with Gasteiger partial charge < -0.3 is 11.1 Å². The van der Waals surface area contributed by atoms with Crippen LogP contribution in [0.2, 0.25) is 0 Å². The predicted octanol–water partition coefficient (Wildman–Crippen LogP) is 1.94. The number of hydrogen-bond donors (Lipinski definition) is 3. The summed E-state index contributed by atoms with van der Waals surface area (Å²) in [4.78, 5) is 11.4. The van der Waals surface area contributed by atoms with Gasteiger partial charge in [-0.3, -0.25) is 9.52 Å². The fraction of sp³-hybridized carbons (Fsp3) is 0.462. The Balaban J connectivity index is 0.00000400. The van der Waals surface area contributed by atoms with Crippen molar-refractivity contribution in [3.05, 3.63) is 24.3 Å². The number of halogens is 1. The molecular formula is C13H22ClN3O3S. The first-order valence-electron chi connectivity index (χ1n) is 6.51. The quantitative estimate of drug-likeness (QED) is 0.708. The van der Waals surface area contributed by atoms with E-state index in [1.165, 1.54) is 0 Å². The highest BCUT2D eigenvalue weighted by atomic mass is 35.5.